The van der Waals surface area contributed by atoms with Gasteiger partial charge in [0.2, 0.25) is 0 Å². The van der Waals surface area contributed by atoms with Gasteiger partial charge in [0.1, 0.15) is 11.5 Å². The number of hydrogen-bond acceptors (Lipinski definition) is 3. The first-order valence-electron chi connectivity index (χ1n) is 7.35. The van der Waals surface area contributed by atoms with Crippen LogP contribution in [0.2, 0.25) is 5.02 Å². The minimum Gasteiger partial charge on any atom is -0.506 e. The van der Waals surface area contributed by atoms with E-state index in [-0.39, 0.29) is 16.1 Å². The summed E-state index contributed by atoms with van der Waals surface area (Å²) in [5.41, 5.74) is 0. The Morgan fingerprint density at radius 1 is 0.917 bits per heavy atom. The molecule has 0 aliphatic rings. The van der Waals surface area contributed by atoms with E-state index < -0.39 is 7.14 Å². The highest BCUT2D eigenvalue weighted by molar-refractivity contribution is 7.85. The normalized spacial score (nSPS) is 11.2. The predicted octanol–water partition coefficient (Wildman–Crippen LogP) is 3.69. The molecule has 3 rings (SSSR count). The Morgan fingerprint density at radius 3 is 1.88 bits per heavy atom. The van der Waals surface area contributed by atoms with Crippen molar-refractivity contribution in [2.45, 2.75) is 0 Å². The molecule has 3 aromatic rings. The van der Waals surface area contributed by atoms with Crippen molar-refractivity contribution in [2.75, 3.05) is 7.11 Å². The van der Waals surface area contributed by atoms with E-state index in [0.29, 0.717) is 16.4 Å². The molecule has 0 aliphatic carbocycles. The number of halogens is 1. The zero-order valence-electron chi connectivity index (χ0n) is 13.0. The SMILES string of the molecule is COc1cc(Cl)c(O)c(P(=O)(c2ccccc2)c2ccccc2)c1. The Balaban J connectivity index is 2.36. The van der Waals surface area contributed by atoms with E-state index in [0.717, 1.165) is 0 Å². The third-order valence-corrected chi connectivity index (χ3v) is 7.19. The Morgan fingerprint density at radius 2 is 1.42 bits per heavy atom. The lowest BCUT2D eigenvalue weighted by Crippen LogP contribution is -2.25. The molecule has 0 amide bonds. The maximum atomic E-state index is 14.2. The highest BCUT2D eigenvalue weighted by Crippen LogP contribution is 2.47. The van der Waals surface area contributed by atoms with Crippen LogP contribution in [0, 0.1) is 0 Å². The molecule has 3 aromatic carbocycles. The Bertz CT molecular complexity index is 852. The van der Waals surface area contributed by atoms with Gasteiger partial charge in [0.05, 0.1) is 17.4 Å². The summed E-state index contributed by atoms with van der Waals surface area (Å²) >= 11 is 6.13. The lowest BCUT2D eigenvalue weighted by atomic mass is 10.3. The summed E-state index contributed by atoms with van der Waals surface area (Å²) in [7, 11) is -1.79. The molecule has 0 spiro atoms. The third-order valence-electron chi connectivity index (χ3n) is 3.83. The number of methoxy groups -OCH3 is 1. The van der Waals surface area contributed by atoms with E-state index in [2.05, 4.69) is 0 Å². The summed E-state index contributed by atoms with van der Waals surface area (Å²) in [4.78, 5) is 0. The predicted molar refractivity (Wildman–Crippen MR) is 99.1 cm³/mol. The maximum absolute atomic E-state index is 14.2. The summed E-state index contributed by atoms with van der Waals surface area (Å²) in [5, 5.41) is 12.1. The van der Waals surface area contributed by atoms with Crippen molar-refractivity contribution in [1.29, 1.82) is 0 Å². The molecule has 5 heteroatoms. The fourth-order valence-electron chi connectivity index (χ4n) is 2.62. The minimum absolute atomic E-state index is 0.108. The second-order valence-corrected chi connectivity index (χ2v) is 8.40. The van der Waals surface area contributed by atoms with Crippen molar-refractivity contribution in [3.63, 3.8) is 0 Å². The van der Waals surface area contributed by atoms with Gasteiger partial charge in [-0.2, -0.15) is 0 Å². The van der Waals surface area contributed by atoms with Gasteiger partial charge in [0.15, 0.2) is 7.14 Å². The minimum atomic E-state index is -3.30. The zero-order chi connectivity index (χ0) is 17.2. The van der Waals surface area contributed by atoms with E-state index in [1.54, 1.807) is 30.3 Å². The largest absolute Gasteiger partial charge is 0.506 e. The molecule has 0 unspecified atom stereocenters. The van der Waals surface area contributed by atoms with Crippen LogP contribution < -0.4 is 20.7 Å². The molecule has 3 nitrogen and oxygen atoms in total. The summed E-state index contributed by atoms with van der Waals surface area (Å²) in [6.07, 6.45) is 0. The van der Waals surface area contributed by atoms with Crippen LogP contribution in [-0.4, -0.2) is 12.2 Å². The molecule has 1 N–H and O–H groups in total. The van der Waals surface area contributed by atoms with Crippen LogP contribution in [0.4, 0.5) is 0 Å². The molecule has 122 valence electrons. The van der Waals surface area contributed by atoms with Gasteiger partial charge in [-0.15, -0.1) is 0 Å². The lowest BCUT2D eigenvalue weighted by molar-refractivity contribution is 0.413. The average molecular weight is 359 g/mol. The first-order valence-corrected chi connectivity index (χ1v) is 9.44. The average Bonchev–Trinajstić information content (AvgIpc) is 2.64. The van der Waals surface area contributed by atoms with Gasteiger partial charge in [0.25, 0.3) is 0 Å². The molecule has 0 aromatic heterocycles. The first-order chi connectivity index (χ1) is 11.6. The standard InChI is InChI=1S/C19H16ClO3P/c1-23-14-12-17(20)19(21)18(13-14)24(22,15-8-4-2-5-9-15)16-10-6-3-7-11-16/h2-13,21H,1H3. The van der Waals surface area contributed by atoms with Gasteiger partial charge < -0.3 is 14.4 Å². The van der Waals surface area contributed by atoms with Crippen molar-refractivity contribution in [3.8, 4) is 11.5 Å². The van der Waals surface area contributed by atoms with E-state index in [1.165, 1.54) is 13.2 Å². The molecule has 0 bridgehead atoms. The maximum Gasteiger partial charge on any atom is 0.174 e. The van der Waals surface area contributed by atoms with Gasteiger partial charge in [0, 0.05) is 16.7 Å². The zero-order valence-corrected chi connectivity index (χ0v) is 14.7. The van der Waals surface area contributed by atoms with Crippen molar-refractivity contribution < 1.29 is 14.4 Å². The van der Waals surface area contributed by atoms with Gasteiger partial charge in [-0.1, -0.05) is 72.3 Å². The van der Waals surface area contributed by atoms with Gasteiger partial charge in [-0.3, -0.25) is 0 Å². The summed E-state index contributed by atoms with van der Waals surface area (Å²) in [6.45, 7) is 0. The molecule has 0 radical (unpaired) electrons. The second-order valence-electron chi connectivity index (χ2n) is 5.26. The van der Waals surface area contributed by atoms with Crippen LogP contribution >= 0.6 is 18.7 Å². The molecule has 0 saturated heterocycles. The smallest absolute Gasteiger partial charge is 0.174 e. The Hall–Kier alpha value is -2.22. The highest BCUT2D eigenvalue weighted by atomic mass is 35.5. The second kappa shape index (κ2) is 6.72. The van der Waals surface area contributed by atoms with E-state index >= 15 is 0 Å². The van der Waals surface area contributed by atoms with Crippen molar-refractivity contribution >= 4 is 34.7 Å². The number of hydrogen-bond donors (Lipinski definition) is 1. The monoisotopic (exact) mass is 358 g/mol. The van der Waals surface area contributed by atoms with Crippen LogP contribution in [0.15, 0.2) is 72.8 Å². The molecule has 0 heterocycles. The lowest BCUT2D eigenvalue weighted by Gasteiger charge is -2.22. The van der Waals surface area contributed by atoms with E-state index in [9.17, 15) is 9.67 Å². The fourth-order valence-corrected chi connectivity index (χ4v) is 5.66. The number of benzene rings is 3. The first kappa shape index (κ1) is 16.6. The van der Waals surface area contributed by atoms with Crippen LogP contribution in [-0.2, 0) is 4.57 Å². The fraction of sp³-hybridized carbons (Fsp3) is 0.0526. The molecular weight excluding hydrogens is 343 g/mol. The molecule has 0 atom stereocenters. The molecule has 0 aliphatic heterocycles. The number of rotatable bonds is 4. The Kier molecular flexibility index (Phi) is 4.66. The molecule has 0 fully saturated rings. The van der Waals surface area contributed by atoms with Crippen LogP contribution in [0.25, 0.3) is 0 Å². The number of aromatic hydroxyl groups is 1. The Labute approximate surface area is 145 Å². The van der Waals surface area contributed by atoms with Crippen molar-refractivity contribution in [1.82, 2.24) is 0 Å². The van der Waals surface area contributed by atoms with Crippen LogP contribution in [0.3, 0.4) is 0 Å². The number of phenolic OH excluding ortho intramolecular Hbond substituents is 1. The van der Waals surface area contributed by atoms with Crippen molar-refractivity contribution in [3.05, 3.63) is 77.8 Å². The van der Waals surface area contributed by atoms with Crippen molar-refractivity contribution in [2.24, 2.45) is 0 Å². The summed E-state index contributed by atoms with van der Waals surface area (Å²) < 4.78 is 19.4. The van der Waals surface area contributed by atoms with Crippen LogP contribution in [0.5, 0.6) is 11.5 Å². The van der Waals surface area contributed by atoms with Gasteiger partial charge in [-0.25, -0.2) is 0 Å². The topological polar surface area (TPSA) is 46.5 Å². The molecule has 24 heavy (non-hydrogen) atoms. The van der Waals surface area contributed by atoms with Gasteiger partial charge in [-0.05, 0) is 6.07 Å². The number of phenols is 1. The van der Waals surface area contributed by atoms with Gasteiger partial charge >= 0.3 is 0 Å². The molecule has 0 saturated carbocycles. The summed E-state index contributed by atoms with van der Waals surface area (Å²) in [6, 6.07) is 21.3. The quantitative estimate of drug-likeness (QED) is 0.723. The number of ether oxygens (including phenoxy) is 1. The highest BCUT2D eigenvalue weighted by Gasteiger charge is 2.33. The molecular formula is C19H16ClO3P. The van der Waals surface area contributed by atoms with Crippen LogP contribution in [0.1, 0.15) is 0 Å². The van der Waals surface area contributed by atoms with E-state index in [1.807, 2.05) is 36.4 Å². The summed E-state index contributed by atoms with van der Waals surface area (Å²) in [5.74, 6) is 0.258. The van der Waals surface area contributed by atoms with E-state index in [4.69, 9.17) is 16.3 Å². The third kappa shape index (κ3) is 2.82.